The second-order valence-corrected chi connectivity index (χ2v) is 9.00. The van der Waals surface area contributed by atoms with E-state index in [1.54, 1.807) is 11.8 Å². The number of thioether (sulfide) groups is 1. The van der Waals surface area contributed by atoms with Crippen molar-refractivity contribution < 1.29 is 4.79 Å². The Kier molecular flexibility index (Phi) is 15.1. The van der Waals surface area contributed by atoms with E-state index in [2.05, 4.69) is 66.2 Å². The molecule has 1 aromatic carbocycles. The number of rotatable bonds is 13. The molecule has 194 valence electrons. The van der Waals surface area contributed by atoms with Crippen molar-refractivity contribution in [3.63, 3.8) is 0 Å². The molecule has 0 aliphatic carbocycles. The Hall–Kier alpha value is -2.95. The lowest BCUT2D eigenvalue weighted by Gasteiger charge is -2.26. The van der Waals surface area contributed by atoms with Gasteiger partial charge in [-0.1, -0.05) is 45.0 Å². The van der Waals surface area contributed by atoms with Crippen LogP contribution >= 0.6 is 11.8 Å². The van der Waals surface area contributed by atoms with Gasteiger partial charge in [0.05, 0.1) is 11.1 Å². The van der Waals surface area contributed by atoms with E-state index in [0.29, 0.717) is 34.7 Å². The number of carbonyl (C=O) groups excluding carboxylic acids is 1. The van der Waals surface area contributed by atoms with E-state index in [1.807, 2.05) is 25.9 Å². The van der Waals surface area contributed by atoms with Crippen molar-refractivity contribution in [3.8, 4) is 12.1 Å². The van der Waals surface area contributed by atoms with Crippen LogP contribution in [0.1, 0.15) is 48.6 Å². The van der Waals surface area contributed by atoms with Crippen molar-refractivity contribution in [2.45, 2.75) is 44.5 Å². The molecule has 0 saturated carbocycles. The number of hydrogen-bond acceptors (Lipinski definition) is 9. The van der Waals surface area contributed by atoms with E-state index < -0.39 is 0 Å². The van der Waals surface area contributed by atoms with Crippen molar-refractivity contribution in [2.24, 2.45) is 5.73 Å². The smallest absolute Gasteiger partial charge is 0.148 e. The molecule has 1 aromatic heterocycles. The zero-order valence-electron chi connectivity index (χ0n) is 22.2. The molecule has 3 N–H and O–H groups in total. The lowest BCUT2D eigenvalue weighted by Crippen LogP contribution is -2.34. The number of nitrogens with two attached hydrogens (primary N) is 1. The van der Waals surface area contributed by atoms with Crippen LogP contribution < -0.4 is 16.0 Å². The molecule has 0 atom stereocenters. The monoisotopic (exact) mass is 509 g/mol. The quantitative estimate of drug-likeness (QED) is 0.309. The Labute approximate surface area is 220 Å². The van der Waals surface area contributed by atoms with Crippen LogP contribution in [-0.4, -0.2) is 63.0 Å². The minimum Gasteiger partial charge on any atom is -0.357 e. The lowest BCUT2D eigenvalue weighted by atomic mass is 10.0. The minimum absolute atomic E-state index is 0.139. The van der Waals surface area contributed by atoms with Crippen LogP contribution in [0.15, 0.2) is 29.3 Å². The first-order chi connectivity index (χ1) is 17.4. The number of nitrogens with one attached hydrogen (secondary N) is 1. The van der Waals surface area contributed by atoms with Crippen LogP contribution in [0.5, 0.6) is 0 Å². The van der Waals surface area contributed by atoms with Crippen molar-refractivity contribution in [2.75, 3.05) is 51.7 Å². The van der Waals surface area contributed by atoms with Gasteiger partial charge in [-0.15, -0.1) is 11.8 Å². The molecule has 0 aliphatic heterocycles. The summed E-state index contributed by atoms with van der Waals surface area (Å²) >= 11 is 1.56. The Morgan fingerprint density at radius 1 is 1.06 bits per heavy atom. The summed E-state index contributed by atoms with van der Waals surface area (Å²) in [5, 5.41) is 23.6. The van der Waals surface area contributed by atoms with Gasteiger partial charge < -0.3 is 25.6 Å². The van der Waals surface area contributed by atoms with Crippen LogP contribution in [-0.2, 0) is 23.5 Å². The maximum Gasteiger partial charge on any atom is 0.148 e. The maximum absolute atomic E-state index is 9.89. The highest BCUT2D eigenvalue weighted by Gasteiger charge is 2.21. The molecular weight excluding hydrogens is 470 g/mol. The maximum atomic E-state index is 9.89. The Morgan fingerprint density at radius 2 is 1.64 bits per heavy atom. The summed E-state index contributed by atoms with van der Waals surface area (Å²) in [6, 6.07) is 13.1. The number of aromatic nitrogens is 1. The van der Waals surface area contributed by atoms with Crippen molar-refractivity contribution in [1.29, 1.82) is 10.5 Å². The van der Waals surface area contributed by atoms with Crippen molar-refractivity contribution in [3.05, 3.63) is 52.1 Å². The van der Waals surface area contributed by atoms with Crippen LogP contribution in [0, 0.1) is 22.7 Å². The van der Waals surface area contributed by atoms with E-state index in [0.717, 1.165) is 44.0 Å². The zero-order chi connectivity index (χ0) is 26.9. The predicted molar refractivity (Wildman–Crippen MR) is 148 cm³/mol. The molecule has 2 aromatic rings. The average molecular weight is 510 g/mol. The Bertz CT molecular complexity index is 1020. The summed E-state index contributed by atoms with van der Waals surface area (Å²) in [6.07, 6.45) is 1.28. The molecule has 0 unspecified atom stereocenters. The van der Waals surface area contributed by atoms with E-state index >= 15 is 0 Å². The molecule has 0 bridgehead atoms. The number of anilines is 1. The molecule has 0 fully saturated rings. The fourth-order valence-electron chi connectivity index (χ4n) is 3.61. The molecule has 2 rings (SSSR count). The van der Waals surface area contributed by atoms with Crippen LogP contribution in [0.2, 0.25) is 0 Å². The molecule has 1 heterocycles. The predicted octanol–water partition coefficient (Wildman–Crippen LogP) is 3.32. The molecule has 9 heteroatoms. The van der Waals surface area contributed by atoms with E-state index in [9.17, 15) is 10.5 Å². The van der Waals surface area contributed by atoms with Crippen molar-refractivity contribution >= 4 is 23.9 Å². The third kappa shape index (κ3) is 9.25. The molecule has 0 radical (unpaired) electrons. The highest BCUT2D eigenvalue weighted by molar-refractivity contribution is 7.98. The average Bonchev–Trinajstić information content (AvgIpc) is 2.92. The van der Waals surface area contributed by atoms with Crippen LogP contribution in [0.4, 0.5) is 5.82 Å². The van der Waals surface area contributed by atoms with Gasteiger partial charge in [0.2, 0.25) is 0 Å². The summed E-state index contributed by atoms with van der Waals surface area (Å²) in [6.45, 7) is 10.9. The summed E-state index contributed by atoms with van der Waals surface area (Å²) in [5.74, 6) is 1.39. The number of pyridine rings is 1. The molecular formula is C27H39N7OS. The summed E-state index contributed by atoms with van der Waals surface area (Å²) in [7, 11) is 3.92. The second-order valence-electron chi connectivity index (χ2n) is 8.03. The van der Waals surface area contributed by atoms with E-state index in [-0.39, 0.29) is 6.54 Å². The van der Waals surface area contributed by atoms with Gasteiger partial charge in [-0.2, -0.15) is 10.5 Å². The van der Waals surface area contributed by atoms with Gasteiger partial charge in [0, 0.05) is 39.0 Å². The number of nitriles is 2. The number of benzene rings is 1. The highest BCUT2D eigenvalue weighted by atomic mass is 32.2. The van der Waals surface area contributed by atoms with Crippen LogP contribution in [0.3, 0.4) is 0 Å². The number of nitrogens with zero attached hydrogens (tertiary/aromatic N) is 5. The van der Waals surface area contributed by atoms with Gasteiger partial charge in [0.25, 0.3) is 0 Å². The Morgan fingerprint density at radius 3 is 2.11 bits per heavy atom. The fraction of sp³-hybridized carbons (Fsp3) is 0.481. The van der Waals surface area contributed by atoms with Gasteiger partial charge in [-0.3, -0.25) is 0 Å². The number of carbonyl (C=O) groups is 1. The lowest BCUT2D eigenvalue weighted by molar-refractivity contribution is -0.106. The second kappa shape index (κ2) is 17.5. The first-order valence-electron chi connectivity index (χ1n) is 12.2. The van der Waals surface area contributed by atoms with E-state index in [4.69, 9.17) is 9.78 Å². The molecule has 0 aliphatic rings. The highest BCUT2D eigenvalue weighted by Crippen LogP contribution is 2.33. The summed E-state index contributed by atoms with van der Waals surface area (Å²) in [5.41, 5.74) is 8.92. The van der Waals surface area contributed by atoms with Gasteiger partial charge in [-0.05, 0) is 43.2 Å². The molecule has 36 heavy (non-hydrogen) atoms. The van der Waals surface area contributed by atoms with Crippen molar-refractivity contribution in [1.82, 2.24) is 15.2 Å². The molecule has 0 saturated heterocycles. The fourth-order valence-corrected chi connectivity index (χ4v) is 4.57. The largest absolute Gasteiger partial charge is 0.357 e. The normalized spacial score (nSPS) is 10.2. The number of aldehydes is 1. The third-order valence-electron chi connectivity index (χ3n) is 5.71. The van der Waals surface area contributed by atoms with Gasteiger partial charge in [0.1, 0.15) is 29.3 Å². The Balaban J connectivity index is 0.00000150. The zero-order valence-corrected chi connectivity index (χ0v) is 23.0. The molecule has 8 nitrogen and oxygen atoms in total. The van der Waals surface area contributed by atoms with Gasteiger partial charge in [0.15, 0.2) is 0 Å². The minimum atomic E-state index is 0.139. The number of hydrogen-bond donors (Lipinski definition) is 2. The number of likely N-dealkylation sites (N-methyl/N-ethyl adjacent to an activating group) is 2. The third-order valence-corrected chi connectivity index (χ3v) is 6.76. The molecule has 0 spiro atoms. The van der Waals surface area contributed by atoms with E-state index in [1.165, 1.54) is 11.1 Å². The first kappa shape index (κ1) is 31.1. The standard InChI is InChI=1S/C25H34N6S.C2H5NO/c1-6-21-22(15-26)24(30(5)13-14-31(7-2)8-3)29-25(23(21)16-27)32-18-20-11-9-19(10-12-20)17-28-4;3-1-2-4/h9-12,28H,6-8,13-14,17-18H2,1-5H3;2H,1,3H2. The first-order valence-corrected chi connectivity index (χ1v) is 13.2. The summed E-state index contributed by atoms with van der Waals surface area (Å²) in [4.78, 5) is 18.3. The van der Waals surface area contributed by atoms with Crippen LogP contribution in [0.25, 0.3) is 0 Å². The molecule has 0 amide bonds. The SMILES string of the molecule is CCc1c(C#N)c(SCc2ccc(CNC)cc2)nc(N(C)CCN(CC)CC)c1C#N.NCC=O. The summed E-state index contributed by atoms with van der Waals surface area (Å²) < 4.78 is 0. The van der Waals surface area contributed by atoms with Gasteiger partial charge >= 0.3 is 0 Å². The van der Waals surface area contributed by atoms with Gasteiger partial charge in [-0.25, -0.2) is 4.98 Å². The topological polar surface area (TPSA) is 122 Å².